The second kappa shape index (κ2) is 9.44. The predicted molar refractivity (Wildman–Crippen MR) is 96.0 cm³/mol. The van der Waals surface area contributed by atoms with E-state index in [1.807, 2.05) is 19.9 Å². The summed E-state index contributed by atoms with van der Waals surface area (Å²) in [6, 6.07) is 0. The predicted octanol–water partition coefficient (Wildman–Crippen LogP) is 1.60. The van der Waals surface area contributed by atoms with Crippen molar-refractivity contribution in [3.8, 4) is 0 Å². The van der Waals surface area contributed by atoms with Crippen LogP contribution in [0.2, 0.25) is 0 Å². The Morgan fingerprint density at radius 3 is 2.40 bits per heavy atom. The van der Waals surface area contributed by atoms with E-state index in [4.69, 9.17) is 9.47 Å². The highest BCUT2D eigenvalue weighted by atomic mass is 16.7. The first-order chi connectivity index (χ1) is 11.6. The number of aliphatic hydroxyl groups excluding tert-OH is 2. The Bertz CT molecular complexity index is 430. The van der Waals surface area contributed by atoms with E-state index in [2.05, 4.69) is 0 Å². The summed E-state index contributed by atoms with van der Waals surface area (Å²) in [6.45, 7) is 5.66. The van der Waals surface area contributed by atoms with Gasteiger partial charge in [-0.1, -0.05) is 25.5 Å². The fourth-order valence-corrected chi connectivity index (χ4v) is 3.78. The Hall–Kier alpha value is -0.500. The van der Waals surface area contributed by atoms with E-state index in [1.165, 1.54) is 14.2 Å². The fraction of sp³-hybridized carbons (Fsp3) is 0.895. The number of aliphatic hydroxyl groups is 4. The monoisotopic (exact) mass is 360 g/mol. The minimum absolute atomic E-state index is 0.0189. The van der Waals surface area contributed by atoms with Gasteiger partial charge in [0.1, 0.15) is 5.60 Å². The highest BCUT2D eigenvalue weighted by Crippen LogP contribution is 2.46. The van der Waals surface area contributed by atoms with Crippen LogP contribution in [0.4, 0.5) is 0 Å². The fourth-order valence-electron chi connectivity index (χ4n) is 3.78. The Balaban J connectivity index is 3.05. The van der Waals surface area contributed by atoms with Crippen molar-refractivity contribution < 1.29 is 29.9 Å². The van der Waals surface area contributed by atoms with Crippen molar-refractivity contribution in [2.75, 3.05) is 20.8 Å². The second-order valence-corrected chi connectivity index (χ2v) is 7.64. The first-order valence-electron chi connectivity index (χ1n) is 9.12. The smallest absolute Gasteiger partial charge is 0.156 e. The summed E-state index contributed by atoms with van der Waals surface area (Å²) >= 11 is 0. The highest BCUT2D eigenvalue weighted by molar-refractivity contribution is 5.19. The van der Waals surface area contributed by atoms with Gasteiger partial charge in [-0.15, -0.1) is 0 Å². The molecule has 0 radical (unpaired) electrons. The third-order valence-electron chi connectivity index (χ3n) is 5.65. The summed E-state index contributed by atoms with van der Waals surface area (Å²) in [5.41, 5.74) is -1.86. The second-order valence-electron chi connectivity index (χ2n) is 7.64. The van der Waals surface area contributed by atoms with E-state index in [1.54, 1.807) is 6.92 Å². The molecule has 25 heavy (non-hydrogen) atoms. The van der Waals surface area contributed by atoms with Gasteiger partial charge in [0.05, 0.1) is 11.7 Å². The number of hydrogen-bond acceptors (Lipinski definition) is 6. The van der Waals surface area contributed by atoms with Crippen molar-refractivity contribution >= 4 is 0 Å². The zero-order valence-corrected chi connectivity index (χ0v) is 16.2. The SMILES string of the molecule is COC(CC[C@@](C)(O)[C@@]1(O)CC[C@H](O)[C@@H]1/C=C(\CCO)C(C)C)OC. The van der Waals surface area contributed by atoms with Gasteiger partial charge >= 0.3 is 0 Å². The van der Waals surface area contributed by atoms with Crippen LogP contribution in [-0.4, -0.2) is 64.8 Å². The topological polar surface area (TPSA) is 99.4 Å². The Morgan fingerprint density at radius 2 is 1.92 bits per heavy atom. The van der Waals surface area contributed by atoms with Crippen molar-refractivity contribution in [2.24, 2.45) is 11.8 Å². The van der Waals surface area contributed by atoms with Crippen LogP contribution >= 0.6 is 0 Å². The van der Waals surface area contributed by atoms with Gasteiger partial charge in [-0.3, -0.25) is 0 Å². The van der Waals surface area contributed by atoms with Gasteiger partial charge in [-0.2, -0.15) is 0 Å². The van der Waals surface area contributed by atoms with Gasteiger partial charge < -0.3 is 29.9 Å². The van der Waals surface area contributed by atoms with Crippen LogP contribution in [0.1, 0.15) is 52.9 Å². The zero-order chi connectivity index (χ0) is 19.3. The van der Waals surface area contributed by atoms with Crippen molar-refractivity contribution in [1.29, 1.82) is 0 Å². The van der Waals surface area contributed by atoms with E-state index in [0.29, 0.717) is 25.7 Å². The largest absolute Gasteiger partial charge is 0.396 e. The molecular weight excluding hydrogens is 324 g/mol. The standard InChI is InChI=1S/C19H36O6/c1-13(2)14(8-11-20)12-15-16(21)6-10-19(15,23)18(3,22)9-7-17(24-4)25-5/h12-13,15-17,20-23H,6-11H2,1-5H3/b14-12+/t15-,16-,18+,19+/m0/s1. The molecule has 0 unspecified atom stereocenters. The van der Waals surface area contributed by atoms with E-state index in [9.17, 15) is 20.4 Å². The number of methoxy groups -OCH3 is 2. The van der Waals surface area contributed by atoms with Gasteiger partial charge in [0, 0.05) is 33.2 Å². The normalized spacial score (nSPS) is 30.3. The molecule has 0 spiro atoms. The molecule has 4 atom stereocenters. The molecule has 0 saturated heterocycles. The molecule has 1 aliphatic carbocycles. The zero-order valence-electron chi connectivity index (χ0n) is 16.2. The summed E-state index contributed by atoms with van der Waals surface area (Å²) in [6.07, 6.45) is 2.65. The average molecular weight is 360 g/mol. The molecule has 0 aromatic heterocycles. The summed E-state index contributed by atoms with van der Waals surface area (Å²) < 4.78 is 10.3. The molecule has 4 N–H and O–H groups in total. The molecule has 0 heterocycles. The third-order valence-corrected chi connectivity index (χ3v) is 5.65. The molecule has 1 rings (SSSR count). The molecule has 6 nitrogen and oxygen atoms in total. The first-order valence-corrected chi connectivity index (χ1v) is 9.12. The van der Waals surface area contributed by atoms with Crippen molar-refractivity contribution in [1.82, 2.24) is 0 Å². The minimum atomic E-state index is -1.44. The Labute approximate surface area is 151 Å². The van der Waals surface area contributed by atoms with E-state index >= 15 is 0 Å². The van der Waals surface area contributed by atoms with Gasteiger partial charge in [0.15, 0.2) is 6.29 Å². The molecule has 0 amide bonds. The van der Waals surface area contributed by atoms with Crippen LogP contribution in [0.25, 0.3) is 0 Å². The Morgan fingerprint density at radius 1 is 1.32 bits per heavy atom. The summed E-state index contributed by atoms with van der Waals surface area (Å²) in [5, 5.41) is 42.0. The molecular formula is C19H36O6. The minimum Gasteiger partial charge on any atom is -0.396 e. The van der Waals surface area contributed by atoms with Crippen LogP contribution in [0.3, 0.4) is 0 Å². The summed E-state index contributed by atoms with van der Waals surface area (Å²) in [7, 11) is 3.07. The molecule has 6 heteroatoms. The lowest BCUT2D eigenvalue weighted by Crippen LogP contribution is -2.56. The molecule has 148 valence electrons. The van der Waals surface area contributed by atoms with Crippen molar-refractivity contribution in [3.63, 3.8) is 0 Å². The van der Waals surface area contributed by atoms with Crippen LogP contribution in [0.15, 0.2) is 11.6 Å². The van der Waals surface area contributed by atoms with Crippen LogP contribution < -0.4 is 0 Å². The lowest BCUT2D eigenvalue weighted by atomic mass is 9.72. The van der Waals surface area contributed by atoms with Crippen LogP contribution in [-0.2, 0) is 9.47 Å². The molecule has 0 aliphatic heterocycles. The Kier molecular flexibility index (Phi) is 8.51. The lowest BCUT2D eigenvalue weighted by Gasteiger charge is -2.43. The van der Waals surface area contributed by atoms with Crippen molar-refractivity contribution in [2.45, 2.75) is 76.5 Å². The maximum absolute atomic E-state index is 11.3. The summed E-state index contributed by atoms with van der Waals surface area (Å²) in [5.74, 6) is -0.379. The van der Waals surface area contributed by atoms with E-state index in [-0.39, 0.29) is 18.9 Å². The van der Waals surface area contributed by atoms with Gasteiger partial charge in [-0.25, -0.2) is 0 Å². The van der Waals surface area contributed by atoms with E-state index in [0.717, 1.165) is 5.57 Å². The number of rotatable bonds is 10. The highest BCUT2D eigenvalue weighted by Gasteiger charge is 2.56. The maximum Gasteiger partial charge on any atom is 0.156 e. The average Bonchev–Trinajstić information content (AvgIpc) is 2.85. The molecule has 1 aliphatic rings. The molecule has 0 aromatic carbocycles. The maximum atomic E-state index is 11.3. The molecule has 0 bridgehead atoms. The quantitative estimate of drug-likeness (QED) is 0.349. The molecule has 1 saturated carbocycles. The van der Waals surface area contributed by atoms with Gasteiger partial charge in [0.25, 0.3) is 0 Å². The number of ether oxygens (including phenoxy) is 2. The third kappa shape index (κ3) is 5.25. The number of hydrogen-bond donors (Lipinski definition) is 4. The first kappa shape index (κ1) is 22.5. The van der Waals surface area contributed by atoms with Gasteiger partial charge in [-0.05, 0) is 38.5 Å². The lowest BCUT2D eigenvalue weighted by molar-refractivity contribution is -0.177. The van der Waals surface area contributed by atoms with Crippen LogP contribution in [0, 0.1) is 11.8 Å². The van der Waals surface area contributed by atoms with E-state index < -0.39 is 29.5 Å². The van der Waals surface area contributed by atoms with Gasteiger partial charge in [0.2, 0.25) is 0 Å². The summed E-state index contributed by atoms with van der Waals surface area (Å²) in [4.78, 5) is 0. The molecule has 1 fully saturated rings. The van der Waals surface area contributed by atoms with Crippen molar-refractivity contribution in [3.05, 3.63) is 11.6 Å². The molecule has 0 aromatic rings. The van der Waals surface area contributed by atoms with Crippen LogP contribution in [0.5, 0.6) is 0 Å².